The highest BCUT2D eigenvalue weighted by Crippen LogP contribution is 2.18. The van der Waals surface area contributed by atoms with Gasteiger partial charge in [-0.3, -0.25) is 14.3 Å². The lowest BCUT2D eigenvalue weighted by Crippen LogP contribution is -2.29. The van der Waals surface area contributed by atoms with Crippen LogP contribution in [0.1, 0.15) is 11.5 Å². The Morgan fingerprint density at radius 1 is 1.06 bits per heavy atom. The Labute approximate surface area is 195 Å². The van der Waals surface area contributed by atoms with Crippen LogP contribution in [-0.4, -0.2) is 45.4 Å². The number of carbonyl (C=O) groups is 2. The van der Waals surface area contributed by atoms with Gasteiger partial charge in [0.2, 0.25) is 23.5 Å². The standard InChI is InChI=1S/C24H24N6O4/c1-33-20-10-6-5-9-18(20)13-21(31)27-19-14-26-30(15-19)16-22(32)25-12-11-23-28-24(29-34-23)17-7-3-2-4-8-17/h2-10,14-15H,11-13,16H2,1H3,(H,25,32)(H,27,31). The van der Waals surface area contributed by atoms with Crippen LogP contribution < -0.4 is 15.4 Å². The van der Waals surface area contributed by atoms with Gasteiger partial charge in [-0.1, -0.05) is 53.7 Å². The Morgan fingerprint density at radius 3 is 2.68 bits per heavy atom. The van der Waals surface area contributed by atoms with Crippen molar-refractivity contribution in [2.75, 3.05) is 19.0 Å². The molecule has 0 fully saturated rings. The Bertz CT molecular complexity index is 1250. The van der Waals surface area contributed by atoms with Crippen molar-refractivity contribution < 1.29 is 18.8 Å². The van der Waals surface area contributed by atoms with Gasteiger partial charge in [-0.15, -0.1) is 0 Å². The average molecular weight is 460 g/mol. The number of para-hydroxylation sites is 1. The number of ether oxygens (including phenoxy) is 1. The van der Waals surface area contributed by atoms with Gasteiger partial charge in [-0.2, -0.15) is 10.1 Å². The largest absolute Gasteiger partial charge is 0.496 e. The van der Waals surface area contributed by atoms with Gasteiger partial charge in [0, 0.05) is 30.3 Å². The fourth-order valence-corrected chi connectivity index (χ4v) is 3.31. The summed E-state index contributed by atoms with van der Waals surface area (Å²) in [5, 5.41) is 13.7. The second-order valence-corrected chi connectivity index (χ2v) is 7.44. The first-order chi connectivity index (χ1) is 16.6. The lowest BCUT2D eigenvalue weighted by molar-refractivity contribution is -0.121. The monoisotopic (exact) mass is 460 g/mol. The lowest BCUT2D eigenvalue weighted by atomic mass is 10.1. The van der Waals surface area contributed by atoms with Crippen LogP contribution in [0.3, 0.4) is 0 Å². The Hall–Kier alpha value is -4.47. The number of rotatable bonds is 10. The summed E-state index contributed by atoms with van der Waals surface area (Å²) in [6.07, 6.45) is 3.67. The SMILES string of the molecule is COc1ccccc1CC(=O)Nc1cnn(CC(=O)NCCc2nc(-c3ccccc3)no2)c1. The molecule has 0 radical (unpaired) electrons. The molecule has 2 amide bonds. The van der Waals surface area contributed by atoms with Crippen molar-refractivity contribution >= 4 is 17.5 Å². The van der Waals surface area contributed by atoms with Crippen LogP contribution >= 0.6 is 0 Å². The van der Waals surface area contributed by atoms with Crippen LogP contribution in [0.2, 0.25) is 0 Å². The van der Waals surface area contributed by atoms with Crippen molar-refractivity contribution in [2.24, 2.45) is 0 Å². The normalized spacial score (nSPS) is 10.6. The number of amides is 2. The average Bonchev–Trinajstić information content (AvgIpc) is 3.49. The molecule has 10 heteroatoms. The van der Waals surface area contributed by atoms with Gasteiger partial charge < -0.3 is 19.9 Å². The molecule has 10 nitrogen and oxygen atoms in total. The second-order valence-electron chi connectivity index (χ2n) is 7.44. The summed E-state index contributed by atoms with van der Waals surface area (Å²) in [7, 11) is 1.57. The number of methoxy groups -OCH3 is 1. The zero-order valence-electron chi connectivity index (χ0n) is 18.6. The zero-order valence-corrected chi connectivity index (χ0v) is 18.6. The number of anilines is 1. The topological polar surface area (TPSA) is 124 Å². The first-order valence-electron chi connectivity index (χ1n) is 10.7. The number of carbonyl (C=O) groups excluding carboxylic acids is 2. The van der Waals surface area contributed by atoms with E-state index in [0.29, 0.717) is 36.1 Å². The summed E-state index contributed by atoms with van der Waals surface area (Å²) in [5.41, 5.74) is 2.16. The minimum Gasteiger partial charge on any atom is -0.496 e. The fraction of sp³-hybridized carbons (Fsp3) is 0.208. The van der Waals surface area contributed by atoms with Gasteiger partial charge in [0.15, 0.2) is 0 Å². The smallest absolute Gasteiger partial charge is 0.241 e. The third-order valence-electron chi connectivity index (χ3n) is 4.93. The maximum Gasteiger partial charge on any atom is 0.241 e. The van der Waals surface area contributed by atoms with Gasteiger partial charge >= 0.3 is 0 Å². The first-order valence-corrected chi connectivity index (χ1v) is 10.7. The summed E-state index contributed by atoms with van der Waals surface area (Å²) in [4.78, 5) is 28.9. The molecule has 0 aliphatic heterocycles. The maximum absolute atomic E-state index is 12.3. The first kappa shape index (κ1) is 22.7. The molecule has 2 N–H and O–H groups in total. The quantitative estimate of drug-likeness (QED) is 0.373. The summed E-state index contributed by atoms with van der Waals surface area (Å²) < 4.78 is 12.0. The molecule has 4 rings (SSSR count). The van der Waals surface area contributed by atoms with Crippen LogP contribution in [0, 0.1) is 0 Å². The summed E-state index contributed by atoms with van der Waals surface area (Å²) in [5.74, 6) is 1.18. The molecule has 2 heterocycles. The van der Waals surface area contributed by atoms with Gasteiger partial charge in [0.1, 0.15) is 12.3 Å². The molecule has 174 valence electrons. The minimum atomic E-state index is -0.224. The molecule has 2 aromatic carbocycles. The Kier molecular flexibility index (Phi) is 7.28. The molecule has 0 spiro atoms. The number of hydrogen-bond donors (Lipinski definition) is 2. The summed E-state index contributed by atoms with van der Waals surface area (Å²) in [6.45, 7) is 0.362. The number of nitrogens with zero attached hydrogens (tertiary/aromatic N) is 4. The van der Waals surface area contributed by atoms with E-state index in [9.17, 15) is 9.59 Å². The predicted molar refractivity (Wildman–Crippen MR) is 124 cm³/mol. The minimum absolute atomic E-state index is 0.0154. The van der Waals surface area contributed by atoms with Crippen LogP contribution in [0.15, 0.2) is 71.5 Å². The summed E-state index contributed by atoms with van der Waals surface area (Å²) in [6, 6.07) is 16.9. The second kappa shape index (κ2) is 10.9. The van der Waals surface area contributed by atoms with E-state index in [2.05, 4.69) is 25.9 Å². The number of nitrogens with one attached hydrogen (secondary N) is 2. The molecule has 0 aliphatic carbocycles. The van der Waals surface area contributed by atoms with Crippen molar-refractivity contribution in [1.29, 1.82) is 0 Å². The van der Waals surface area contributed by atoms with Gasteiger partial charge in [-0.25, -0.2) is 0 Å². The molecule has 2 aromatic heterocycles. The van der Waals surface area contributed by atoms with Crippen molar-refractivity contribution in [3.05, 3.63) is 78.4 Å². The van der Waals surface area contributed by atoms with Gasteiger partial charge in [-0.05, 0) is 6.07 Å². The van der Waals surface area contributed by atoms with E-state index in [-0.39, 0.29) is 24.8 Å². The third-order valence-corrected chi connectivity index (χ3v) is 4.93. The molecule has 0 saturated carbocycles. The Balaban J connectivity index is 1.21. The van der Waals surface area contributed by atoms with Crippen LogP contribution in [0.5, 0.6) is 5.75 Å². The van der Waals surface area contributed by atoms with Crippen LogP contribution in [0.4, 0.5) is 5.69 Å². The van der Waals surface area contributed by atoms with E-state index in [1.54, 1.807) is 19.4 Å². The van der Waals surface area contributed by atoms with Gasteiger partial charge in [0.05, 0.1) is 25.4 Å². The van der Waals surface area contributed by atoms with E-state index in [4.69, 9.17) is 9.26 Å². The van der Waals surface area contributed by atoms with E-state index in [0.717, 1.165) is 11.1 Å². The highest BCUT2D eigenvalue weighted by Gasteiger charge is 2.12. The maximum atomic E-state index is 12.3. The van der Waals surface area contributed by atoms with Crippen molar-refractivity contribution in [2.45, 2.75) is 19.4 Å². The molecule has 0 aliphatic rings. The van der Waals surface area contributed by atoms with Crippen molar-refractivity contribution in [1.82, 2.24) is 25.2 Å². The highest BCUT2D eigenvalue weighted by atomic mass is 16.5. The van der Waals surface area contributed by atoms with Crippen molar-refractivity contribution in [3.8, 4) is 17.1 Å². The van der Waals surface area contributed by atoms with E-state index < -0.39 is 0 Å². The molecule has 0 saturated heterocycles. The number of benzene rings is 2. The molecule has 4 aromatic rings. The molecule has 0 bridgehead atoms. The van der Waals surface area contributed by atoms with E-state index in [1.165, 1.54) is 10.9 Å². The fourth-order valence-electron chi connectivity index (χ4n) is 3.31. The number of hydrogen-bond acceptors (Lipinski definition) is 7. The summed E-state index contributed by atoms with van der Waals surface area (Å²) >= 11 is 0. The predicted octanol–water partition coefficient (Wildman–Crippen LogP) is 2.48. The molecule has 0 atom stereocenters. The van der Waals surface area contributed by atoms with E-state index >= 15 is 0 Å². The third kappa shape index (κ3) is 6.06. The molecular formula is C24H24N6O4. The van der Waals surface area contributed by atoms with Crippen LogP contribution in [-0.2, 0) is 29.0 Å². The Morgan fingerprint density at radius 2 is 1.85 bits per heavy atom. The van der Waals surface area contributed by atoms with Crippen molar-refractivity contribution in [3.63, 3.8) is 0 Å². The molecular weight excluding hydrogens is 436 g/mol. The molecule has 0 unspecified atom stereocenters. The van der Waals surface area contributed by atoms with E-state index in [1.807, 2.05) is 48.5 Å². The zero-order chi connectivity index (χ0) is 23.8. The van der Waals surface area contributed by atoms with Crippen LogP contribution in [0.25, 0.3) is 11.4 Å². The highest BCUT2D eigenvalue weighted by molar-refractivity contribution is 5.92. The lowest BCUT2D eigenvalue weighted by Gasteiger charge is -2.07. The van der Waals surface area contributed by atoms with Gasteiger partial charge in [0.25, 0.3) is 0 Å². The molecule has 34 heavy (non-hydrogen) atoms. The number of aromatic nitrogens is 4.